The van der Waals surface area contributed by atoms with Crippen molar-refractivity contribution < 1.29 is 4.74 Å². The van der Waals surface area contributed by atoms with Gasteiger partial charge in [-0.15, -0.1) is 0 Å². The van der Waals surface area contributed by atoms with Gasteiger partial charge in [0, 0.05) is 18.1 Å². The van der Waals surface area contributed by atoms with Gasteiger partial charge in [0.25, 0.3) is 0 Å². The quantitative estimate of drug-likeness (QED) is 0.934. The molecule has 94 valence electrons. The molecule has 0 aliphatic rings. The molecule has 0 fully saturated rings. The molecule has 2 aromatic rings. The zero-order valence-electron chi connectivity index (χ0n) is 9.65. The van der Waals surface area contributed by atoms with E-state index in [4.69, 9.17) is 27.9 Å². The molecule has 0 amide bonds. The Labute approximate surface area is 115 Å². The van der Waals surface area contributed by atoms with E-state index in [9.17, 15) is 0 Å². The van der Waals surface area contributed by atoms with Gasteiger partial charge in [0.2, 0.25) is 0 Å². The average Bonchev–Trinajstić information content (AvgIpc) is 2.40. The summed E-state index contributed by atoms with van der Waals surface area (Å²) < 4.78 is 5.54. The highest BCUT2D eigenvalue weighted by molar-refractivity contribution is 6.34. The molecule has 6 heteroatoms. The van der Waals surface area contributed by atoms with Crippen LogP contribution in [0.1, 0.15) is 5.69 Å². The van der Waals surface area contributed by atoms with E-state index in [1.54, 1.807) is 37.6 Å². The number of benzene rings is 1. The molecule has 0 saturated heterocycles. The van der Waals surface area contributed by atoms with E-state index in [1.165, 1.54) is 0 Å². The Bertz CT molecular complexity index is 531. The highest BCUT2D eigenvalue weighted by Gasteiger charge is 2.04. The van der Waals surface area contributed by atoms with Crippen LogP contribution in [0.25, 0.3) is 0 Å². The first-order valence-corrected chi connectivity index (χ1v) is 6.01. The highest BCUT2D eigenvalue weighted by atomic mass is 35.5. The third kappa shape index (κ3) is 3.24. The van der Waals surface area contributed by atoms with Gasteiger partial charge in [0.1, 0.15) is 18.2 Å². The number of aromatic nitrogens is 2. The van der Waals surface area contributed by atoms with E-state index in [0.29, 0.717) is 27.3 Å². The van der Waals surface area contributed by atoms with Gasteiger partial charge in [-0.05, 0) is 12.1 Å². The minimum absolute atomic E-state index is 0.289. The van der Waals surface area contributed by atoms with Crippen molar-refractivity contribution in [3.8, 4) is 5.75 Å². The Balaban J connectivity index is 2.04. The fraction of sp³-hybridized carbons (Fsp3) is 0.167. The standard InChI is InChI=1S/C12H11Cl2N3O/c1-15-12-6-16-9(5-17-12)7-18-11-4-8(13)2-3-10(11)14/h2-6H,7H2,1H3,(H,15,17). The summed E-state index contributed by atoms with van der Waals surface area (Å²) in [6.45, 7) is 0.289. The van der Waals surface area contributed by atoms with Gasteiger partial charge in [-0.25, -0.2) is 4.98 Å². The minimum Gasteiger partial charge on any atom is -0.486 e. The van der Waals surface area contributed by atoms with Gasteiger partial charge < -0.3 is 10.1 Å². The van der Waals surface area contributed by atoms with Gasteiger partial charge in [-0.2, -0.15) is 0 Å². The zero-order valence-corrected chi connectivity index (χ0v) is 11.2. The van der Waals surface area contributed by atoms with Crippen molar-refractivity contribution in [1.82, 2.24) is 9.97 Å². The molecule has 0 saturated carbocycles. The maximum atomic E-state index is 5.98. The van der Waals surface area contributed by atoms with E-state index in [1.807, 2.05) is 0 Å². The highest BCUT2D eigenvalue weighted by Crippen LogP contribution is 2.28. The lowest BCUT2D eigenvalue weighted by Gasteiger charge is -2.08. The first kappa shape index (κ1) is 12.9. The maximum absolute atomic E-state index is 5.98. The Hall–Kier alpha value is -1.52. The molecule has 1 aromatic carbocycles. The molecule has 1 aromatic heterocycles. The van der Waals surface area contributed by atoms with Crippen LogP contribution in [0.15, 0.2) is 30.6 Å². The lowest BCUT2D eigenvalue weighted by molar-refractivity contribution is 0.301. The number of nitrogens with one attached hydrogen (secondary N) is 1. The smallest absolute Gasteiger partial charge is 0.144 e. The van der Waals surface area contributed by atoms with Crippen molar-refractivity contribution in [1.29, 1.82) is 0 Å². The zero-order chi connectivity index (χ0) is 13.0. The molecule has 18 heavy (non-hydrogen) atoms. The SMILES string of the molecule is CNc1cnc(COc2cc(Cl)ccc2Cl)cn1. The van der Waals surface area contributed by atoms with Crippen LogP contribution in [0.3, 0.4) is 0 Å². The van der Waals surface area contributed by atoms with Gasteiger partial charge in [-0.3, -0.25) is 4.98 Å². The molecule has 0 radical (unpaired) electrons. The van der Waals surface area contributed by atoms with Gasteiger partial charge in [0.15, 0.2) is 0 Å². The number of hydrogen-bond donors (Lipinski definition) is 1. The summed E-state index contributed by atoms with van der Waals surface area (Å²) >= 11 is 11.8. The third-order valence-electron chi connectivity index (χ3n) is 2.23. The van der Waals surface area contributed by atoms with Crippen molar-refractivity contribution >= 4 is 29.0 Å². The topological polar surface area (TPSA) is 47.0 Å². The van der Waals surface area contributed by atoms with Crippen LogP contribution < -0.4 is 10.1 Å². The Morgan fingerprint density at radius 2 is 2.06 bits per heavy atom. The molecule has 0 bridgehead atoms. The molecule has 0 unspecified atom stereocenters. The number of anilines is 1. The molecule has 4 nitrogen and oxygen atoms in total. The second-order valence-corrected chi connectivity index (χ2v) is 4.35. The predicted octanol–water partition coefficient (Wildman–Crippen LogP) is 3.40. The molecule has 0 aliphatic carbocycles. The van der Waals surface area contributed by atoms with Crippen LogP contribution in [0, 0.1) is 0 Å². The number of hydrogen-bond acceptors (Lipinski definition) is 4. The van der Waals surface area contributed by atoms with Crippen molar-refractivity contribution in [2.45, 2.75) is 6.61 Å². The third-order valence-corrected chi connectivity index (χ3v) is 2.78. The summed E-state index contributed by atoms with van der Waals surface area (Å²) in [7, 11) is 1.78. The average molecular weight is 284 g/mol. The van der Waals surface area contributed by atoms with Crippen molar-refractivity contribution in [3.63, 3.8) is 0 Å². The van der Waals surface area contributed by atoms with E-state index >= 15 is 0 Å². The largest absolute Gasteiger partial charge is 0.486 e. The predicted molar refractivity (Wildman–Crippen MR) is 72.4 cm³/mol. The number of rotatable bonds is 4. The normalized spacial score (nSPS) is 10.2. The number of ether oxygens (including phenoxy) is 1. The van der Waals surface area contributed by atoms with Gasteiger partial charge in [0.05, 0.1) is 23.1 Å². The summed E-state index contributed by atoms with van der Waals surface area (Å²) in [4.78, 5) is 8.33. The van der Waals surface area contributed by atoms with Gasteiger partial charge >= 0.3 is 0 Å². The first-order valence-electron chi connectivity index (χ1n) is 5.25. The fourth-order valence-corrected chi connectivity index (χ4v) is 1.63. The molecule has 0 atom stereocenters. The molecule has 1 N–H and O–H groups in total. The van der Waals surface area contributed by atoms with Crippen LogP contribution in [0.2, 0.25) is 10.0 Å². The maximum Gasteiger partial charge on any atom is 0.144 e. The number of halogens is 2. The molecular weight excluding hydrogens is 273 g/mol. The van der Waals surface area contributed by atoms with E-state index in [-0.39, 0.29) is 6.61 Å². The van der Waals surface area contributed by atoms with Crippen molar-refractivity contribution in [2.24, 2.45) is 0 Å². The molecule has 0 spiro atoms. The summed E-state index contributed by atoms with van der Waals surface area (Å²) in [5.74, 6) is 1.24. The molecular formula is C12H11Cl2N3O. The van der Waals surface area contributed by atoms with Crippen LogP contribution in [-0.2, 0) is 6.61 Å². The summed E-state index contributed by atoms with van der Waals surface area (Å²) in [5, 5.41) is 3.98. The number of nitrogens with zero attached hydrogens (tertiary/aromatic N) is 2. The molecule has 0 aliphatic heterocycles. The Kier molecular flexibility index (Phi) is 4.23. The fourth-order valence-electron chi connectivity index (χ4n) is 1.30. The lowest BCUT2D eigenvalue weighted by Crippen LogP contribution is -2.01. The molecule has 1 heterocycles. The van der Waals surface area contributed by atoms with Crippen LogP contribution in [0.4, 0.5) is 5.82 Å². The van der Waals surface area contributed by atoms with E-state index < -0.39 is 0 Å². The minimum atomic E-state index is 0.289. The van der Waals surface area contributed by atoms with Gasteiger partial charge in [-0.1, -0.05) is 23.2 Å². The summed E-state index contributed by atoms with van der Waals surface area (Å²) in [5.41, 5.74) is 0.713. The van der Waals surface area contributed by atoms with Crippen LogP contribution >= 0.6 is 23.2 Å². The van der Waals surface area contributed by atoms with E-state index in [2.05, 4.69) is 15.3 Å². The lowest BCUT2D eigenvalue weighted by atomic mass is 10.3. The summed E-state index contributed by atoms with van der Waals surface area (Å²) in [6, 6.07) is 5.06. The Morgan fingerprint density at radius 3 is 2.72 bits per heavy atom. The second kappa shape index (κ2) is 5.89. The van der Waals surface area contributed by atoms with Crippen molar-refractivity contribution in [3.05, 3.63) is 46.3 Å². The second-order valence-electron chi connectivity index (χ2n) is 3.51. The van der Waals surface area contributed by atoms with Crippen LogP contribution in [0.5, 0.6) is 5.75 Å². The van der Waals surface area contributed by atoms with Crippen molar-refractivity contribution in [2.75, 3.05) is 12.4 Å². The van der Waals surface area contributed by atoms with E-state index in [0.717, 1.165) is 0 Å². The summed E-state index contributed by atoms with van der Waals surface area (Å²) in [6.07, 6.45) is 3.28. The first-order chi connectivity index (χ1) is 8.69. The Morgan fingerprint density at radius 1 is 1.22 bits per heavy atom. The van der Waals surface area contributed by atoms with Crippen LogP contribution in [-0.4, -0.2) is 17.0 Å². The monoisotopic (exact) mass is 283 g/mol. The molecule has 2 rings (SSSR count).